The Labute approximate surface area is 164 Å². The topological polar surface area (TPSA) is 58.6 Å². The van der Waals surface area contributed by atoms with Crippen molar-refractivity contribution in [2.24, 2.45) is 5.41 Å². The lowest BCUT2D eigenvalue weighted by molar-refractivity contribution is 0.0696. The van der Waals surface area contributed by atoms with Gasteiger partial charge >= 0.3 is 5.97 Å². The molecule has 1 heterocycles. The van der Waals surface area contributed by atoms with Gasteiger partial charge in [-0.05, 0) is 66.0 Å². The lowest BCUT2D eigenvalue weighted by atomic mass is 9.76. The molecule has 1 aliphatic carbocycles. The van der Waals surface area contributed by atoms with Gasteiger partial charge in [0.05, 0.1) is 12.7 Å². The molecular weight excluding hydrogens is 366 g/mol. The van der Waals surface area contributed by atoms with Gasteiger partial charge in [-0.15, -0.1) is 11.3 Å². The maximum absolute atomic E-state index is 12.2. The van der Waals surface area contributed by atoms with Gasteiger partial charge in [0.15, 0.2) is 0 Å². The zero-order valence-corrected chi connectivity index (χ0v) is 17.3. The van der Waals surface area contributed by atoms with Gasteiger partial charge in [-0.25, -0.2) is 4.79 Å². The van der Waals surface area contributed by atoms with E-state index < -0.39 is 5.97 Å². The molecule has 6 heteroatoms. The van der Waals surface area contributed by atoms with Crippen molar-refractivity contribution in [3.05, 3.63) is 39.3 Å². The fourth-order valence-corrected chi connectivity index (χ4v) is 5.26. The van der Waals surface area contributed by atoms with Gasteiger partial charge in [0.2, 0.25) is 0 Å². The van der Waals surface area contributed by atoms with Crippen LogP contribution in [0.25, 0.3) is 10.4 Å². The summed E-state index contributed by atoms with van der Waals surface area (Å²) in [6.45, 7) is 7.04. The Morgan fingerprint density at radius 2 is 2.15 bits per heavy atom. The number of rotatable bonds is 5. The van der Waals surface area contributed by atoms with Gasteiger partial charge < -0.3 is 9.84 Å². The van der Waals surface area contributed by atoms with Gasteiger partial charge in [-0.1, -0.05) is 26.7 Å². The van der Waals surface area contributed by atoms with Gasteiger partial charge in [-0.3, -0.25) is 4.72 Å². The zero-order chi connectivity index (χ0) is 19.1. The van der Waals surface area contributed by atoms with E-state index in [1.54, 1.807) is 18.4 Å². The highest BCUT2D eigenvalue weighted by Gasteiger charge is 2.33. The Bertz CT molecular complexity index is 855. The monoisotopic (exact) mass is 391 g/mol. The fraction of sp³-hybridized carbons (Fsp3) is 0.450. The highest BCUT2D eigenvalue weighted by atomic mass is 32.1. The summed E-state index contributed by atoms with van der Waals surface area (Å²) in [4.78, 5) is 14.2. The quantitative estimate of drug-likeness (QED) is 0.636. The number of carbonyl (C=O) groups is 1. The molecule has 0 atom stereocenters. The van der Waals surface area contributed by atoms with Crippen molar-refractivity contribution in [2.45, 2.75) is 46.6 Å². The normalized spacial score (nSPS) is 15.6. The number of thiophene rings is 1. The van der Waals surface area contributed by atoms with Crippen LogP contribution in [0.1, 0.15) is 52.2 Å². The van der Waals surface area contributed by atoms with Crippen LogP contribution >= 0.6 is 24.2 Å². The van der Waals surface area contributed by atoms with Crippen LogP contribution in [0.15, 0.2) is 12.1 Å². The fourth-order valence-electron chi connectivity index (χ4n) is 3.70. The lowest BCUT2D eigenvalue weighted by Crippen LogP contribution is -2.22. The summed E-state index contributed by atoms with van der Waals surface area (Å²) < 4.78 is 8.34. The van der Waals surface area contributed by atoms with E-state index in [0.717, 1.165) is 52.1 Å². The minimum Gasteiger partial charge on any atom is -0.497 e. The summed E-state index contributed by atoms with van der Waals surface area (Å²) in [5, 5.41) is 9.98. The molecule has 3 rings (SSSR count). The van der Waals surface area contributed by atoms with Gasteiger partial charge in [-0.2, -0.15) is 0 Å². The van der Waals surface area contributed by atoms with Crippen LogP contribution in [0, 0.1) is 12.3 Å². The SMILES string of the molecule is COc1cc(CNS)c(C)c(-c2sc3c(c2C(=O)O)CC(C)(C)CC3)c1. The molecule has 0 saturated carbocycles. The van der Waals surface area contributed by atoms with Crippen molar-refractivity contribution in [3.8, 4) is 16.2 Å². The lowest BCUT2D eigenvalue weighted by Gasteiger charge is -2.29. The number of methoxy groups -OCH3 is 1. The molecule has 1 aliphatic rings. The van der Waals surface area contributed by atoms with Crippen LogP contribution in [-0.4, -0.2) is 18.2 Å². The summed E-state index contributed by atoms with van der Waals surface area (Å²) in [5.74, 6) is -0.112. The first-order valence-electron chi connectivity index (χ1n) is 8.70. The average molecular weight is 392 g/mol. The van der Waals surface area contributed by atoms with Crippen LogP contribution in [0.2, 0.25) is 0 Å². The van der Waals surface area contributed by atoms with Gasteiger partial charge in [0.1, 0.15) is 5.75 Å². The second kappa shape index (κ2) is 7.25. The molecule has 2 aromatic rings. The third-order valence-corrected chi connectivity index (χ3v) is 6.71. The Morgan fingerprint density at radius 1 is 1.42 bits per heavy atom. The first-order valence-corrected chi connectivity index (χ1v) is 9.96. The predicted octanol–water partition coefficient (Wildman–Crippen LogP) is 4.88. The number of ether oxygens (including phenoxy) is 1. The molecule has 0 spiro atoms. The van der Waals surface area contributed by atoms with Crippen molar-refractivity contribution in [1.82, 2.24) is 4.72 Å². The standard InChI is InChI=1S/C20H25NO3S2/c1-11-12(10-21-25)7-13(24-4)8-14(11)18-17(19(22)23)15-9-20(2,3)6-5-16(15)26-18/h7-8,21,25H,5-6,9-10H2,1-4H3,(H,22,23). The smallest absolute Gasteiger partial charge is 0.337 e. The maximum Gasteiger partial charge on any atom is 0.337 e. The number of carboxylic acids is 1. The first kappa shape index (κ1) is 19.3. The number of hydrogen-bond donors (Lipinski definition) is 3. The zero-order valence-electron chi connectivity index (χ0n) is 15.6. The molecule has 4 nitrogen and oxygen atoms in total. The minimum absolute atomic E-state index is 0.139. The molecule has 0 saturated heterocycles. The van der Waals surface area contributed by atoms with Crippen molar-refractivity contribution in [1.29, 1.82) is 0 Å². The van der Waals surface area contributed by atoms with Crippen LogP contribution in [0.5, 0.6) is 5.75 Å². The van der Waals surface area contributed by atoms with Crippen LogP contribution in [-0.2, 0) is 19.4 Å². The van der Waals surface area contributed by atoms with Crippen LogP contribution in [0.3, 0.4) is 0 Å². The molecule has 140 valence electrons. The number of benzene rings is 1. The molecule has 0 aliphatic heterocycles. The number of fused-ring (bicyclic) bond motifs is 1. The number of nitrogens with one attached hydrogen (secondary N) is 1. The highest BCUT2D eigenvalue weighted by molar-refractivity contribution is 7.78. The van der Waals surface area contributed by atoms with Gasteiger partial charge in [0, 0.05) is 16.3 Å². The van der Waals surface area contributed by atoms with E-state index in [2.05, 4.69) is 31.4 Å². The van der Waals surface area contributed by atoms with E-state index in [9.17, 15) is 9.90 Å². The first-order chi connectivity index (χ1) is 12.3. The number of thiol groups is 1. The number of carboxylic acid groups (broad SMARTS) is 1. The second-order valence-corrected chi connectivity index (χ2v) is 9.07. The highest BCUT2D eigenvalue weighted by Crippen LogP contribution is 2.46. The van der Waals surface area contributed by atoms with Gasteiger partial charge in [0.25, 0.3) is 0 Å². The molecule has 1 aromatic heterocycles. The van der Waals surface area contributed by atoms with Crippen LogP contribution in [0.4, 0.5) is 0 Å². The van der Waals surface area contributed by atoms with E-state index in [1.807, 2.05) is 19.1 Å². The summed E-state index contributed by atoms with van der Waals surface area (Å²) >= 11 is 5.74. The summed E-state index contributed by atoms with van der Waals surface area (Å²) in [7, 11) is 1.63. The van der Waals surface area contributed by atoms with E-state index in [1.165, 1.54) is 4.88 Å². The third kappa shape index (κ3) is 3.50. The molecule has 1 aromatic carbocycles. The number of aromatic carboxylic acids is 1. The van der Waals surface area contributed by atoms with E-state index in [4.69, 9.17) is 4.74 Å². The molecule has 0 unspecified atom stereocenters. The molecule has 0 amide bonds. The van der Waals surface area contributed by atoms with E-state index >= 15 is 0 Å². The molecular formula is C20H25NO3S2. The molecule has 2 N–H and O–H groups in total. The Hall–Kier alpha value is -1.50. The Balaban J connectivity index is 2.23. The summed E-state index contributed by atoms with van der Waals surface area (Å²) in [5.41, 5.74) is 4.69. The molecule has 0 radical (unpaired) electrons. The van der Waals surface area contributed by atoms with Crippen molar-refractivity contribution >= 4 is 30.1 Å². The second-order valence-electron chi connectivity index (χ2n) is 7.65. The van der Waals surface area contributed by atoms with Crippen LogP contribution < -0.4 is 9.46 Å². The molecule has 0 fully saturated rings. The number of hydrogen-bond acceptors (Lipinski definition) is 5. The third-order valence-electron chi connectivity index (χ3n) is 5.23. The van der Waals surface area contributed by atoms with E-state index in [0.29, 0.717) is 12.1 Å². The average Bonchev–Trinajstić information content (AvgIpc) is 2.94. The molecule has 0 bridgehead atoms. The maximum atomic E-state index is 12.2. The molecule has 26 heavy (non-hydrogen) atoms. The Morgan fingerprint density at radius 3 is 2.77 bits per heavy atom. The van der Waals surface area contributed by atoms with Crippen molar-refractivity contribution in [3.63, 3.8) is 0 Å². The largest absolute Gasteiger partial charge is 0.497 e. The number of aryl methyl sites for hydroxylation is 1. The summed E-state index contributed by atoms with van der Waals surface area (Å²) in [6, 6.07) is 3.92. The summed E-state index contributed by atoms with van der Waals surface area (Å²) in [6.07, 6.45) is 2.85. The Kier molecular flexibility index (Phi) is 5.37. The van der Waals surface area contributed by atoms with Crippen molar-refractivity contribution < 1.29 is 14.6 Å². The minimum atomic E-state index is -0.841. The predicted molar refractivity (Wildman–Crippen MR) is 110 cm³/mol. The van der Waals surface area contributed by atoms with Crippen molar-refractivity contribution in [2.75, 3.05) is 7.11 Å². The van der Waals surface area contributed by atoms with E-state index in [-0.39, 0.29) is 5.41 Å².